The molecule has 1 heterocycles. The molecule has 0 saturated heterocycles. The number of aromatic nitrogens is 1. The molecular formula is C18H16F4N2O2. The van der Waals surface area contributed by atoms with E-state index in [-0.39, 0.29) is 6.54 Å². The number of carbonyl (C=O) groups is 1. The van der Waals surface area contributed by atoms with Gasteiger partial charge in [0.1, 0.15) is 5.82 Å². The Labute approximate surface area is 146 Å². The van der Waals surface area contributed by atoms with Crippen LogP contribution < -0.4 is 5.32 Å². The summed E-state index contributed by atoms with van der Waals surface area (Å²) in [6.45, 7) is -0.216. The molecule has 1 amide bonds. The van der Waals surface area contributed by atoms with Crippen molar-refractivity contribution >= 4 is 5.91 Å². The molecule has 1 saturated carbocycles. The maximum Gasteiger partial charge on any atom is 0.430 e. The van der Waals surface area contributed by atoms with Crippen LogP contribution in [0.4, 0.5) is 17.6 Å². The van der Waals surface area contributed by atoms with Crippen molar-refractivity contribution < 1.29 is 27.5 Å². The summed E-state index contributed by atoms with van der Waals surface area (Å²) in [6.07, 6.45) is -0.0704. The van der Waals surface area contributed by atoms with Crippen LogP contribution in [0.3, 0.4) is 0 Å². The van der Waals surface area contributed by atoms with Crippen molar-refractivity contribution in [3.63, 3.8) is 0 Å². The fourth-order valence-corrected chi connectivity index (χ4v) is 2.67. The van der Waals surface area contributed by atoms with Crippen molar-refractivity contribution in [2.75, 3.05) is 0 Å². The summed E-state index contributed by atoms with van der Waals surface area (Å²) in [5, 5.41) is 12.2. The van der Waals surface area contributed by atoms with Gasteiger partial charge in [-0.3, -0.25) is 9.78 Å². The van der Waals surface area contributed by atoms with Crippen molar-refractivity contribution in [3.8, 4) is 0 Å². The Morgan fingerprint density at radius 1 is 1.19 bits per heavy atom. The lowest BCUT2D eigenvalue weighted by Crippen LogP contribution is -2.54. The van der Waals surface area contributed by atoms with E-state index >= 15 is 0 Å². The SMILES string of the molecule is O=C(NCc1cncc(C2CC2)c1)[C@](O)(c1ccc(F)cc1)C(F)(F)F. The predicted octanol–water partition coefficient (Wildman–Crippen LogP) is 3.16. The Bertz CT molecular complexity index is 804. The van der Waals surface area contributed by atoms with Gasteiger partial charge < -0.3 is 10.4 Å². The third-order valence-electron chi connectivity index (χ3n) is 4.32. The van der Waals surface area contributed by atoms with E-state index in [4.69, 9.17) is 0 Å². The second-order valence-electron chi connectivity index (χ2n) is 6.30. The molecule has 26 heavy (non-hydrogen) atoms. The molecule has 1 atom stereocenters. The zero-order valence-corrected chi connectivity index (χ0v) is 13.6. The van der Waals surface area contributed by atoms with Crippen molar-refractivity contribution in [1.82, 2.24) is 10.3 Å². The number of rotatable bonds is 5. The Morgan fingerprint density at radius 3 is 2.42 bits per heavy atom. The average Bonchev–Trinajstić information content (AvgIpc) is 3.44. The normalized spacial score (nSPS) is 16.8. The molecule has 4 nitrogen and oxygen atoms in total. The van der Waals surface area contributed by atoms with Crippen LogP contribution in [-0.4, -0.2) is 22.2 Å². The fourth-order valence-electron chi connectivity index (χ4n) is 2.67. The molecule has 1 aromatic heterocycles. The summed E-state index contributed by atoms with van der Waals surface area (Å²) in [6, 6.07) is 4.75. The van der Waals surface area contributed by atoms with E-state index in [1.165, 1.54) is 6.20 Å². The van der Waals surface area contributed by atoms with Gasteiger partial charge in [0.25, 0.3) is 11.5 Å². The largest absolute Gasteiger partial charge is 0.430 e. The van der Waals surface area contributed by atoms with Crippen LogP contribution in [0.15, 0.2) is 42.7 Å². The molecular weight excluding hydrogens is 352 g/mol. The first-order valence-corrected chi connectivity index (χ1v) is 7.99. The molecule has 8 heteroatoms. The first kappa shape index (κ1) is 18.3. The number of halogens is 4. The lowest BCUT2D eigenvalue weighted by atomic mass is 9.92. The number of nitrogens with one attached hydrogen (secondary N) is 1. The van der Waals surface area contributed by atoms with Gasteiger partial charge in [-0.1, -0.05) is 18.2 Å². The minimum atomic E-state index is -5.27. The van der Waals surface area contributed by atoms with Gasteiger partial charge in [-0.15, -0.1) is 0 Å². The number of pyridine rings is 1. The fraction of sp³-hybridized carbons (Fsp3) is 0.333. The number of alkyl halides is 3. The molecule has 2 N–H and O–H groups in total. The van der Waals surface area contributed by atoms with Gasteiger partial charge >= 0.3 is 6.18 Å². The molecule has 3 rings (SSSR count). The standard InChI is InChI=1S/C18H16F4N2O2/c19-15-5-3-14(4-6-15)17(26,18(20,21)22)16(25)24-9-11-7-13(10-23-8-11)12-1-2-12/h3-8,10,12,26H,1-2,9H2,(H,24,25)/t17-/m1/s1. The second-order valence-corrected chi connectivity index (χ2v) is 6.30. The van der Waals surface area contributed by atoms with E-state index in [1.54, 1.807) is 12.3 Å². The quantitative estimate of drug-likeness (QED) is 0.797. The molecule has 138 valence electrons. The third-order valence-corrected chi connectivity index (χ3v) is 4.32. The molecule has 0 unspecified atom stereocenters. The smallest absolute Gasteiger partial charge is 0.369 e. The summed E-state index contributed by atoms with van der Waals surface area (Å²) in [5.74, 6) is -2.00. The number of amides is 1. The van der Waals surface area contributed by atoms with E-state index < -0.39 is 29.1 Å². The van der Waals surface area contributed by atoms with Gasteiger partial charge in [0.15, 0.2) is 0 Å². The van der Waals surface area contributed by atoms with E-state index in [0.717, 1.165) is 42.7 Å². The zero-order valence-electron chi connectivity index (χ0n) is 13.6. The number of hydrogen-bond acceptors (Lipinski definition) is 3. The highest BCUT2D eigenvalue weighted by Crippen LogP contribution is 2.40. The first-order valence-electron chi connectivity index (χ1n) is 7.99. The predicted molar refractivity (Wildman–Crippen MR) is 84.4 cm³/mol. The van der Waals surface area contributed by atoms with Crippen LogP contribution >= 0.6 is 0 Å². The van der Waals surface area contributed by atoms with E-state index in [0.29, 0.717) is 11.5 Å². The van der Waals surface area contributed by atoms with E-state index in [9.17, 15) is 27.5 Å². The Hall–Kier alpha value is -2.48. The first-order chi connectivity index (χ1) is 12.2. The zero-order chi connectivity index (χ0) is 18.9. The summed E-state index contributed by atoms with van der Waals surface area (Å²) in [5.41, 5.74) is -3.02. The molecule has 1 aliphatic rings. The second kappa shape index (κ2) is 6.68. The monoisotopic (exact) mass is 368 g/mol. The number of aliphatic hydroxyl groups is 1. The Morgan fingerprint density at radius 2 is 1.85 bits per heavy atom. The van der Waals surface area contributed by atoms with Crippen LogP contribution in [0, 0.1) is 5.82 Å². The van der Waals surface area contributed by atoms with Crippen LogP contribution in [0.5, 0.6) is 0 Å². The molecule has 0 aliphatic heterocycles. The van der Waals surface area contributed by atoms with Gasteiger partial charge in [-0.25, -0.2) is 4.39 Å². The molecule has 1 aliphatic carbocycles. The molecule has 1 aromatic carbocycles. The molecule has 2 aromatic rings. The van der Waals surface area contributed by atoms with Crippen LogP contribution in [0.1, 0.15) is 35.4 Å². The van der Waals surface area contributed by atoms with Gasteiger partial charge in [0, 0.05) is 24.5 Å². The maximum atomic E-state index is 13.4. The summed E-state index contributed by atoms with van der Waals surface area (Å²) in [4.78, 5) is 16.2. The lowest BCUT2D eigenvalue weighted by molar-refractivity contribution is -0.257. The number of carbonyl (C=O) groups excluding carboxylic acids is 1. The molecule has 0 bridgehead atoms. The average molecular weight is 368 g/mol. The van der Waals surface area contributed by atoms with Crippen molar-refractivity contribution in [2.24, 2.45) is 0 Å². The van der Waals surface area contributed by atoms with E-state index in [1.807, 2.05) is 0 Å². The maximum absolute atomic E-state index is 13.4. The van der Waals surface area contributed by atoms with Gasteiger partial charge in [-0.05, 0) is 42.0 Å². The van der Waals surface area contributed by atoms with Gasteiger partial charge in [0.05, 0.1) is 0 Å². The van der Waals surface area contributed by atoms with Crippen molar-refractivity contribution in [2.45, 2.75) is 37.1 Å². The van der Waals surface area contributed by atoms with Gasteiger partial charge in [-0.2, -0.15) is 13.2 Å². The minimum absolute atomic E-state index is 0.216. The van der Waals surface area contributed by atoms with Crippen molar-refractivity contribution in [1.29, 1.82) is 0 Å². The highest BCUT2D eigenvalue weighted by Gasteiger charge is 2.60. The topological polar surface area (TPSA) is 62.2 Å². The Balaban J connectivity index is 1.80. The van der Waals surface area contributed by atoms with Crippen LogP contribution in [0.2, 0.25) is 0 Å². The number of nitrogens with zero attached hydrogens (tertiary/aromatic N) is 1. The minimum Gasteiger partial charge on any atom is -0.369 e. The molecule has 0 spiro atoms. The number of hydrogen-bond donors (Lipinski definition) is 2. The highest BCUT2D eigenvalue weighted by molar-refractivity contribution is 5.87. The van der Waals surface area contributed by atoms with Gasteiger partial charge in [0.2, 0.25) is 0 Å². The van der Waals surface area contributed by atoms with Crippen molar-refractivity contribution in [3.05, 3.63) is 65.2 Å². The number of benzene rings is 1. The van der Waals surface area contributed by atoms with E-state index in [2.05, 4.69) is 10.3 Å². The molecule has 0 radical (unpaired) electrons. The Kier molecular flexibility index (Phi) is 4.70. The van der Waals surface area contributed by atoms with Crippen LogP contribution in [-0.2, 0) is 16.9 Å². The highest BCUT2D eigenvalue weighted by atomic mass is 19.4. The lowest BCUT2D eigenvalue weighted by Gasteiger charge is -2.29. The summed E-state index contributed by atoms with van der Waals surface area (Å²) >= 11 is 0. The van der Waals surface area contributed by atoms with Crippen LogP contribution in [0.25, 0.3) is 0 Å². The summed E-state index contributed by atoms with van der Waals surface area (Å²) in [7, 11) is 0. The third kappa shape index (κ3) is 3.55. The molecule has 1 fully saturated rings. The summed E-state index contributed by atoms with van der Waals surface area (Å²) < 4.78 is 53.3.